The van der Waals surface area contributed by atoms with E-state index in [1.807, 2.05) is 38.1 Å². The maximum absolute atomic E-state index is 14.0. The number of hydrogen-bond acceptors (Lipinski definition) is 6. The Labute approximate surface area is 212 Å². The minimum absolute atomic E-state index is 0.0376. The standard InChI is InChI=1S/C27H26BrN3O4/c1-4-35-24(33)22-23(29)31(18-12-8-6-10-16(18)28)19-13-26(2,3)14-20(32)21(19)27(22)15-9-5-7-11-17(15)30-25(27)34/h5-12H,4,13-14,29H2,1-3H3,(H,30,34). The highest BCUT2D eigenvalue weighted by atomic mass is 79.9. The van der Waals surface area contributed by atoms with Gasteiger partial charge in [0, 0.05) is 33.4 Å². The number of ketones is 1. The van der Waals surface area contributed by atoms with Gasteiger partial charge in [-0.1, -0.05) is 44.2 Å². The number of ether oxygens (including phenoxy) is 1. The normalized spacial score (nSPS) is 22.8. The molecule has 0 radical (unpaired) electrons. The van der Waals surface area contributed by atoms with E-state index < -0.39 is 17.3 Å². The van der Waals surface area contributed by atoms with Crippen molar-refractivity contribution in [1.29, 1.82) is 0 Å². The van der Waals surface area contributed by atoms with Gasteiger partial charge in [-0.05, 0) is 52.9 Å². The minimum Gasteiger partial charge on any atom is -0.462 e. The number of carbonyl (C=O) groups excluding carboxylic acids is 3. The molecule has 0 fully saturated rings. The van der Waals surface area contributed by atoms with Crippen LogP contribution in [0.1, 0.15) is 39.2 Å². The number of hydrogen-bond donors (Lipinski definition) is 2. The van der Waals surface area contributed by atoms with E-state index in [0.29, 0.717) is 29.1 Å². The topological polar surface area (TPSA) is 102 Å². The Morgan fingerprint density at radius 3 is 2.51 bits per heavy atom. The third kappa shape index (κ3) is 3.26. The van der Waals surface area contributed by atoms with Crippen LogP contribution in [-0.4, -0.2) is 24.3 Å². The molecule has 1 spiro atoms. The first kappa shape index (κ1) is 23.4. The molecule has 2 aromatic rings. The molecule has 8 heteroatoms. The van der Waals surface area contributed by atoms with Gasteiger partial charge in [-0.2, -0.15) is 0 Å². The quantitative estimate of drug-likeness (QED) is 0.559. The highest BCUT2D eigenvalue weighted by molar-refractivity contribution is 9.10. The summed E-state index contributed by atoms with van der Waals surface area (Å²) >= 11 is 3.60. The van der Waals surface area contributed by atoms with Crippen LogP contribution < -0.4 is 16.0 Å². The van der Waals surface area contributed by atoms with E-state index in [4.69, 9.17) is 10.5 Å². The van der Waals surface area contributed by atoms with Crippen LogP contribution >= 0.6 is 15.9 Å². The number of benzene rings is 2. The zero-order chi connectivity index (χ0) is 25.1. The van der Waals surface area contributed by atoms with Crippen molar-refractivity contribution in [2.24, 2.45) is 11.1 Å². The van der Waals surface area contributed by atoms with E-state index in [1.54, 1.807) is 36.1 Å². The zero-order valence-electron chi connectivity index (χ0n) is 19.8. The van der Waals surface area contributed by atoms with Crippen molar-refractivity contribution in [3.63, 3.8) is 0 Å². The van der Waals surface area contributed by atoms with Gasteiger partial charge in [0.05, 0.1) is 12.3 Å². The third-order valence-electron chi connectivity index (χ3n) is 6.86. The first-order valence-corrected chi connectivity index (χ1v) is 12.3. The number of allylic oxidation sites excluding steroid dienone is 1. The molecular formula is C27H26BrN3O4. The molecule has 1 aliphatic carbocycles. The monoisotopic (exact) mass is 535 g/mol. The van der Waals surface area contributed by atoms with Crippen molar-refractivity contribution in [3.05, 3.63) is 81.2 Å². The van der Waals surface area contributed by atoms with Crippen LogP contribution in [0.25, 0.3) is 0 Å². The van der Waals surface area contributed by atoms with Crippen molar-refractivity contribution >= 4 is 45.0 Å². The van der Waals surface area contributed by atoms with Crippen LogP contribution in [-0.2, 0) is 24.5 Å². The first-order valence-electron chi connectivity index (χ1n) is 11.5. The smallest absolute Gasteiger partial charge is 0.339 e. The summed E-state index contributed by atoms with van der Waals surface area (Å²) in [5, 5.41) is 2.90. The molecule has 0 bridgehead atoms. The van der Waals surface area contributed by atoms with E-state index in [9.17, 15) is 14.4 Å². The summed E-state index contributed by atoms with van der Waals surface area (Å²) in [5.74, 6) is -1.31. The summed E-state index contributed by atoms with van der Waals surface area (Å²) in [5.41, 5.74) is 7.39. The summed E-state index contributed by atoms with van der Waals surface area (Å²) in [6, 6.07) is 14.6. The van der Waals surface area contributed by atoms with Crippen LogP contribution in [0, 0.1) is 5.41 Å². The van der Waals surface area contributed by atoms with Gasteiger partial charge in [-0.25, -0.2) is 4.79 Å². The van der Waals surface area contributed by atoms with Crippen molar-refractivity contribution in [2.45, 2.75) is 39.0 Å². The molecule has 0 saturated carbocycles. The molecular weight excluding hydrogens is 510 g/mol. The Hall–Kier alpha value is -3.39. The lowest BCUT2D eigenvalue weighted by Gasteiger charge is -2.47. The Morgan fingerprint density at radius 2 is 1.80 bits per heavy atom. The maximum Gasteiger partial charge on any atom is 0.339 e. The molecule has 3 N–H and O–H groups in total. The van der Waals surface area contributed by atoms with Crippen LogP contribution in [0.4, 0.5) is 11.4 Å². The number of rotatable bonds is 3. The first-order chi connectivity index (χ1) is 16.6. The lowest BCUT2D eigenvalue weighted by molar-refractivity contribution is -0.140. The van der Waals surface area contributed by atoms with Crippen LogP contribution in [0.3, 0.4) is 0 Å². The fourth-order valence-corrected chi connectivity index (χ4v) is 6.06. The number of nitrogens with zero attached hydrogens (tertiary/aromatic N) is 1. The average molecular weight is 536 g/mol. The molecule has 2 heterocycles. The number of fused-ring (bicyclic) bond motifs is 3. The molecule has 1 amide bonds. The van der Waals surface area contributed by atoms with Gasteiger partial charge in [0.2, 0.25) is 5.91 Å². The number of carbonyl (C=O) groups is 3. The second kappa shape index (κ2) is 8.09. The highest BCUT2D eigenvalue weighted by Crippen LogP contribution is 2.57. The number of halogens is 1. The Kier molecular flexibility index (Phi) is 5.40. The van der Waals surface area contributed by atoms with Crippen LogP contribution in [0.15, 0.2) is 75.7 Å². The van der Waals surface area contributed by atoms with E-state index in [0.717, 1.165) is 4.47 Å². The molecule has 1 atom stereocenters. The van der Waals surface area contributed by atoms with Crippen LogP contribution in [0.5, 0.6) is 0 Å². The van der Waals surface area contributed by atoms with E-state index >= 15 is 0 Å². The van der Waals surface area contributed by atoms with E-state index in [1.165, 1.54) is 0 Å². The van der Waals surface area contributed by atoms with Crippen molar-refractivity contribution in [3.8, 4) is 0 Å². The minimum atomic E-state index is -1.69. The Morgan fingerprint density at radius 1 is 1.11 bits per heavy atom. The summed E-state index contributed by atoms with van der Waals surface area (Å²) in [4.78, 5) is 43.2. The van der Waals surface area contributed by atoms with E-state index in [2.05, 4.69) is 21.2 Å². The molecule has 180 valence electrons. The number of nitrogens with two attached hydrogens (primary N) is 1. The van der Waals surface area contributed by atoms with Gasteiger partial charge in [0.15, 0.2) is 5.78 Å². The molecule has 2 aromatic carbocycles. The number of anilines is 2. The van der Waals surface area contributed by atoms with Gasteiger partial charge in [0.1, 0.15) is 16.8 Å². The molecule has 2 aliphatic heterocycles. The molecule has 5 rings (SSSR count). The molecule has 0 aromatic heterocycles. The average Bonchev–Trinajstić information content (AvgIpc) is 3.06. The number of para-hydroxylation sites is 2. The van der Waals surface area contributed by atoms with Gasteiger partial charge in [-0.15, -0.1) is 0 Å². The maximum atomic E-state index is 14.0. The van der Waals surface area contributed by atoms with E-state index in [-0.39, 0.29) is 41.2 Å². The summed E-state index contributed by atoms with van der Waals surface area (Å²) in [6.45, 7) is 5.82. The van der Waals surface area contributed by atoms with Crippen LogP contribution in [0.2, 0.25) is 0 Å². The fraction of sp³-hybridized carbons (Fsp3) is 0.296. The number of amides is 1. The highest BCUT2D eigenvalue weighted by Gasteiger charge is 2.63. The van der Waals surface area contributed by atoms with Crippen molar-refractivity contribution < 1.29 is 19.1 Å². The summed E-state index contributed by atoms with van der Waals surface area (Å²) < 4.78 is 6.18. The van der Waals surface area contributed by atoms with Gasteiger partial charge < -0.3 is 15.8 Å². The van der Waals surface area contributed by atoms with Gasteiger partial charge >= 0.3 is 5.97 Å². The Balaban J connectivity index is 1.93. The lowest BCUT2D eigenvalue weighted by atomic mass is 9.60. The predicted molar refractivity (Wildman–Crippen MR) is 136 cm³/mol. The molecule has 35 heavy (non-hydrogen) atoms. The number of nitrogens with one attached hydrogen (secondary N) is 1. The Bertz CT molecular complexity index is 1360. The molecule has 0 saturated heterocycles. The van der Waals surface area contributed by atoms with Gasteiger partial charge in [0.25, 0.3) is 0 Å². The van der Waals surface area contributed by atoms with Crippen molar-refractivity contribution in [1.82, 2.24) is 0 Å². The number of esters is 1. The van der Waals surface area contributed by atoms with Crippen molar-refractivity contribution in [2.75, 3.05) is 16.8 Å². The molecule has 1 unspecified atom stereocenters. The number of Topliss-reactive ketones (excluding diaryl/α,β-unsaturated/α-hetero) is 1. The predicted octanol–water partition coefficient (Wildman–Crippen LogP) is 4.54. The lowest BCUT2D eigenvalue weighted by Crippen LogP contribution is -2.54. The molecule has 7 nitrogen and oxygen atoms in total. The zero-order valence-corrected chi connectivity index (χ0v) is 21.4. The fourth-order valence-electron chi connectivity index (χ4n) is 5.60. The SMILES string of the molecule is CCOC(=O)C1=C(N)N(c2ccccc2Br)C2=C(C(=O)CC(C)(C)C2)C12C(=O)Nc1ccccc12. The summed E-state index contributed by atoms with van der Waals surface area (Å²) in [7, 11) is 0. The molecule has 3 aliphatic rings. The second-order valence-electron chi connectivity index (χ2n) is 9.78. The second-order valence-corrected chi connectivity index (χ2v) is 10.6. The third-order valence-corrected chi connectivity index (χ3v) is 7.53. The largest absolute Gasteiger partial charge is 0.462 e. The van der Waals surface area contributed by atoms with Gasteiger partial charge in [-0.3, -0.25) is 14.5 Å². The summed E-state index contributed by atoms with van der Waals surface area (Å²) in [6.07, 6.45) is 0.728.